The van der Waals surface area contributed by atoms with Gasteiger partial charge in [0.05, 0.1) is 0 Å². The van der Waals surface area contributed by atoms with Gasteiger partial charge >= 0.3 is 0 Å². The number of ether oxygens (including phenoxy) is 1. The van der Waals surface area contributed by atoms with Gasteiger partial charge in [-0.2, -0.15) is 0 Å². The molecule has 0 aromatic heterocycles. The van der Waals surface area contributed by atoms with Gasteiger partial charge in [0.1, 0.15) is 0 Å². The van der Waals surface area contributed by atoms with Crippen molar-refractivity contribution >= 4 is 0 Å². The Bertz CT molecular complexity index is 271. The third-order valence-corrected chi connectivity index (χ3v) is 4.47. The molecule has 0 aliphatic carbocycles. The molecular weight excluding hydrogens is 256 g/mol. The number of hydrogen-bond acceptors (Lipinski definition) is 1. The molecule has 21 heavy (non-hydrogen) atoms. The first kappa shape index (κ1) is 21.0. The molecule has 0 N–H and O–H groups in total. The Morgan fingerprint density at radius 2 is 1.00 bits per heavy atom. The Labute approximate surface area is 135 Å². The van der Waals surface area contributed by atoms with Crippen LogP contribution < -0.4 is 0 Å². The smallest absolute Gasteiger partial charge is 0.0465 e. The zero-order chi connectivity index (χ0) is 17.1. The second kappa shape index (κ2) is 7.02. The summed E-state index contributed by atoms with van der Waals surface area (Å²) in [5.74, 6) is 0.670. The van der Waals surface area contributed by atoms with Crippen LogP contribution in [0.25, 0.3) is 0 Å². The fourth-order valence-corrected chi connectivity index (χ4v) is 5.06. The van der Waals surface area contributed by atoms with Crippen LogP contribution in [0.15, 0.2) is 0 Å². The summed E-state index contributed by atoms with van der Waals surface area (Å²) in [6.45, 7) is 24.9. The van der Waals surface area contributed by atoms with E-state index in [1.807, 2.05) is 7.11 Å². The average molecular weight is 299 g/mol. The zero-order valence-electron chi connectivity index (χ0n) is 16.8. The number of hydrogen-bond donors (Lipinski definition) is 0. The maximum atomic E-state index is 5.42. The van der Waals surface area contributed by atoms with Crippen molar-refractivity contribution in [1.82, 2.24) is 0 Å². The summed E-state index contributed by atoms with van der Waals surface area (Å²) in [6, 6.07) is 0. The second-order valence-corrected chi connectivity index (χ2v) is 10.8. The molecule has 0 unspecified atom stereocenters. The zero-order valence-corrected chi connectivity index (χ0v) is 16.8. The fourth-order valence-electron chi connectivity index (χ4n) is 5.06. The van der Waals surface area contributed by atoms with Crippen molar-refractivity contribution in [2.45, 2.75) is 88.5 Å². The highest BCUT2D eigenvalue weighted by Crippen LogP contribution is 2.51. The number of methoxy groups -OCH3 is 1. The van der Waals surface area contributed by atoms with Crippen LogP contribution in [0.2, 0.25) is 0 Å². The SMILES string of the molecule is COCCC(C(C)(C)CC(C)(C)C)C(C)(C)CC(C)(C)C. The van der Waals surface area contributed by atoms with Gasteiger partial charge in [-0.05, 0) is 46.8 Å². The Morgan fingerprint density at radius 3 is 1.24 bits per heavy atom. The van der Waals surface area contributed by atoms with Crippen molar-refractivity contribution < 1.29 is 4.74 Å². The van der Waals surface area contributed by atoms with Crippen LogP contribution in [0.5, 0.6) is 0 Å². The van der Waals surface area contributed by atoms with Gasteiger partial charge in [0.2, 0.25) is 0 Å². The minimum absolute atomic E-state index is 0.325. The molecule has 0 rings (SSSR count). The van der Waals surface area contributed by atoms with E-state index >= 15 is 0 Å². The Morgan fingerprint density at radius 1 is 0.667 bits per heavy atom. The summed E-state index contributed by atoms with van der Waals surface area (Å²) in [4.78, 5) is 0. The monoisotopic (exact) mass is 298 g/mol. The summed E-state index contributed by atoms with van der Waals surface area (Å²) in [5, 5.41) is 0. The summed E-state index contributed by atoms with van der Waals surface area (Å²) >= 11 is 0. The van der Waals surface area contributed by atoms with Crippen molar-refractivity contribution in [3.63, 3.8) is 0 Å². The van der Waals surface area contributed by atoms with E-state index in [0.29, 0.717) is 27.6 Å². The van der Waals surface area contributed by atoms with Crippen LogP contribution in [0, 0.1) is 27.6 Å². The van der Waals surface area contributed by atoms with E-state index in [1.54, 1.807) is 0 Å². The maximum Gasteiger partial charge on any atom is 0.0465 e. The lowest BCUT2D eigenvalue weighted by Crippen LogP contribution is -2.41. The van der Waals surface area contributed by atoms with E-state index < -0.39 is 0 Å². The Kier molecular flexibility index (Phi) is 7.01. The van der Waals surface area contributed by atoms with Crippen molar-refractivity contribution in [3.05, 3.63) is 0 Å². The van der Waals surface area contributed by atoms with Gasteiger partial charge in [0.15, 0.2) is 0 Å². The molecule has 0 bridgehead atoms. The molecular formula is C20H42O. The minimum Gasteiger partial charge on any atom is -0.385 e. The van der Waals surface area contributed by atoms with Crippen molar-refractivity contribution in [2.75, 3.05) is 13.7 Å². The molecule has 0 heterocycles. The predicted molar refractivity (Wildman–Crippen MR) is 95.7 cm³/mol. The summed E-state index contributed by atoms with van der Waals surface area (Å²) < 4.78 is 5.42. The van der Waals surface area contributed by atoms with E-state index in [2.05, 4.69) is 69.2 Å². The fraction of sp³-hybridized carbons (Fsp3) is 1.00. The summed E-state index contributed by atoms with van der Waals surface area (Å²) in [5.41, 5.74) is 1.39. The van der Waals surface area contributed by atoms with E-state index in [-0.39, 0.29) is 0 Å². The quantitative estimate of drug-likeness (QED) is 0.517. The Hall–Kier alpha value is -0.0400. The second-order valence-electron chi connectivity index (χ2n) is 10.8. The lowest BCUT2D eigenvalue weighted by molar-refractivity contribution is -0.00716. The van der Waals surface area contributed by atoms with Gasteiger partial charge in [-0.1, -0.05) is 69.2 Å². The van der Waals surface area contributed by atoms with Crippen molar-refractivity contribution in [1.29, 1.82) is 0 Å². The molecule has 1 heteroatoms. The van der Waals surface area contributed by atoms with Crippen LogP contribution in [0.3, 0.4) is 0 Å². The third kappa shape index (κ3) is 8.24. The first-order valence-corrected chi connectivity index (χ1v) is 8.60. The van der Waals surface area contributed by atoms with Crippen molar-refractivity contribution in [2.24, 2.45) is 27.6 Å². The molecule has 0 atom stereocenters. The first-order chi connectivity index (χ1) is 9.11. The third-order valence-electron chi connectivity index (χ3n) is 4.47. The maximum absolute atomic E-state index is 5.42. The summed E-state index contributed by atoms with van der Waals surface area (Å²) in [6.07, 6.45) is 3.66. The van der Waals surface area contributed by atoms with E-state index in [9.17, 15) is 0 Å². The standard InChI is InChI=1S/C20H42O/c1-17(2,3)14-19(7,8)16(12-13-21-11)20(9,10)15-18(4,5)6/h16H,12-15H2,1-11H3. The first-order valence-electron chi connectivity index (χ1n) is 8.60. The van der Waals surface area contributed by atoms with Crippen molar-refractivity contribution in [3.8, 4) is 0 Å². The van der Waals surface area contributed by atoms with Gasteiger partial charge in [0.25, 0.3) is 0 Å². The molecule has 0 aromatic carbocycles. The molecule has 0 fully saturated rings. The molecule has 0 saturated carbocycles. The van der Waals surface area contributed by atoms with E-state index in [0.717, 1.165) is 13.0 Å². The molecule has 128 valence electrons. The molecule has 0 radical (unpaired) electrons. The van der Waals surface area contributed by atoms with Crippen LogP contribution in [-0.2, 0) is 4.74 Å². The molecule has 0 spiro atoms. The highest BCUT2D eigenvalue weighted by atomic mass is 16.5. The van der Waals surface area contributed by atoms with Gasteiger partial charge in [-0.3, -0.25) is 0 Å². The van der Waals surface area contributed by atoms with E-state index in [1.165, 1.54) is 12.8 Å². The van der Waals surface area contributed by atoms with E-state index in [4.69, 9.17) is 4.74 Å². The molecule has 0 aliphatic rings. The highest BCUT2D eigenvalue weighted by Gasteiger charge is 2.43. The van der Waals surface area contributed by atoms with Gasteiger partial charge in [-0.15, -0.1) is 0 Å². The molecule has 0 aromatic rings. The topological polar surface area (TPSA) is 9.23 Å². The lowest BCUT2D eigenvalue weighted by Gasteiger charge is -2.49. The minimum atomic E-state index is 0.325. The normalized spacial score (nSPS) is 14.9. The largest absolute Gasteiger partial charge is 0.385 e. The molecule has 1 nitrogen and oxygen atoms in total. The van der Waals surface area contributed by atoms with Crippen LogP contribution in [0.1, 0.15) is 88.5 Å². The molecule has 0 amide bonds. The molecule has 0 saturated heterocycles. The van der Waals surface area contributed by atoms with Gasteiger partial charge in [0, 0.05) is 13.7 Å². The molecule has 0 aliphatic heterocycles. The van der Waals surface area contributed by atoms with Gasteiger partial charge < -0.3 is 4.74 Å². The average Bonchev–Trinajstić information content (AvgIpc) is 2.08. The number of rotatable bonds is 7. The Balaban J connectivity index is 5.35. The summed E-state index contributed by atoms with van der Waals surface area (Å²) in [7, 11) is 1.82. The van der Waals surface area contributed by atoms with Crippen LogP contribution in [-0.4, -0.2) is 13.7 Å². The van der Waals surface area contributed by atoms with Crippen LogP contribution >= 0.6 is 0 Å². The highest BCUT2D eigenvalue weighted by molar-refractivity contribution is 4.93. The lowest BCUT2D eigenvalue weighted by atomic mass is 9.56. The van der Waals surface area contributed by atoms with Gasteiger partial charge in [-0.25, -0.2) is 0 Å². The van der Waals surface area contributed by atoms with Crippen LogP contribution in [0.4, 0.5) is 0 Å². The predicted octanol–water partition coefficient (Wildman–Crippen LogP) is 6.56.